The summed E-state index contributed by atoms with van der Waals surface area (Å²) in [5.74, 6) is 0.919. The molecule has 2 atom stereocenters. The van der Waals surface area contributed by atoms with Gasteiger partial charge in [0.2, 0.25) is 11.8 Å². The summed E-state index contributed by atoms with van der Waals surface area (Å²) in [5.41, 5.74) is 1.73. The van der Waals surface area contributed by atoms with Gasteiger partial charge in [-0.25, -0.2) is 4.79 Å². The molecule has 2 fully saturated rings. The Balaban J connectivity index is 1.02. The molecule has 1 aliphatic heterocycles. The number of benzene rings is 3. The Hall–Kier alpha value is -5.49. The van der Waals surface area contributed by atoms with Crippen LogP contribution in [0.4, 0.5) is 4.79 Å². The van der Waals surface area contributed by atoms with E-state index < -0.39 is 12.1 Å². The van der Waals surface area contributed by atoms with E-state index in [0.717, 1.165) is 36.1 Å². The smallest absolute Gasteiger partial charge is 0.413 e. The highest BCUT2D eigenvalue weighted by molar-refractivity contribution is 7.10. The predicted molar refractivity (Wildman–Crippen MR) is 198 cm³/mol. The highest BCUT2D eigenvalue weighted by atomic mass is 32.1. The highest BCUT2D eigenvalue weighted by Gasteiger charge is 2.42. The van der Waals surface area contributed by atoms with Crippen molar-refractivity contribution in [3.05, 3.63) is 118 Å². The van der Waals surface area contributed by atoms with Crippen LogP contribution in [0.2, 0.25) is 0 Å². The topological polar surface area (TPSA) is 150 Å². The maximum atomic E-state index is 13.6. The van der Waals surface area contributed by atoms with Crippen molar-refractivity contribution in [2.45, 2.75) is 57.7 Å². The van der Waals surface area contributed by atoms with E-state index in [-0.39, 0.29) is 49.2 Å². The van der Waals surface area contributed by atoms with Crippen molar-refractivity contribution in [3.63, 3.8) is 0 Å². The number of nitrogens with zero attached hydrogens (tertiary/aromatic N) is 1. The lowest BCUT2D eigenvalue weighted by atomic mass is 9.79. The average Bonchev–Trinajstić information content (AvgIpc) is 3.85. The van der Waals surface area contributed by atoms with Crippen LogP contribution in [0.3, 0.4) is 0 Å². The van der Waals surface area contributed by atoms with Crippen LogP contribution >= 0.6 is 11.3 Å². The Labute approximate surface area is 307 Å². The van der Waals surface area contributed by atoms with Crippen molar-refractivity contribution < 1.29 is 28.7 Å². The Morgan fingerprint density at radius 1 is 0.808 bits per heavy atom. The zero-order valence-electron chi connectivity index (χ0n) is 28.8. The summed E-state index contributed by atoms with van der Waals surface area (Å²) in [6.07, 6.45) is 5.58. The molecule has 0 bridgehead atoms. The van der Waals surface area contributed by atoms with Crippen LogP contribution in [0.25, 0.3) is 0 Å². The molecule has 4 aromatic rings. The van der Waals surface area contributed by atoms with Gasteiger partial charge in [0.05, 0.1) is 13.1 Å². The van der Waals surface area contributed by atoms with Gasteiger partial charge in [-0.1, -0.05) is 80.6 Å². The quantitative estimate of drug-likeness (QED) is 0.0953. The fraction of sp³-hybridized carbons (Fsp3) is 0.325. The van der Waals surface area contributed by atoms with Crippen LogP contribution in [-0.2, 0) is 27.5 Å². The number of carbonyl (C=O) groups excluding carboxylic acids is 4. The summed E-state index contributed by atoms with van der Waals surface area (Å²) in [4.78, 5) is 54.9. The normalized spacial score (nSPS) is 17.2. The standard InChI is InChI=1S/C40H43N5O6S/c41-37(44-40(49)50-25-27-10-4-1-5-11-27)31-20-34(52-26-31)22-42-39(48)35-21-30(28-12-6-2-7-13-28)24-45(35)36(46)23-43-38(47)29-16-18-33(19-17-29)51-32-14-8-3-9-15-32/h1,3-5,8-11,14-20,26,28,30,35H,2,6-7,12-13,21-25H2,(H,42,48)(H,43,47)(H2,41,44,49)/t30-,35-/m0/s1. The zero-order chi connectivity index (χ0) is 36.3. The second-order valence-electron chi connectivity index (χ2n) is 13.2. The molecule has 1 saturated heterocycles. The third-order valence-electron chi connectivity index (χ3n) is 9.59. The van der Waals surface area contributed by atoms with Gasteiger partial charge in [-0.2, -0.15) is 0 Å². The summed E-state index contributed by atoms with van der Waals surface area (Å²) >= 11 is 1.36. The fourth-order valence-corrected chi connectivity index (χ4v) is 7.64. The Morgan fingerprint density at radius 2 is 1.50 bits per heavy atom. The van der Waals surface area contributed by atoms with Gasteiger partial charge in [0.1, 0.15) is 30.0 Å². The van der Waals surface area contributed by atoms with Gasteiger partial charge in [0.25, 0.3) is 5.91 Å². The van der Waals surface area contributed by atoms with Crippen molar-refractivity contribution in [3.8, 4) is 11.5 Å². The summed E-state index contributed by atoms with van der Waals surface area (Å²) in [5, 5.41) is 18.2. The van der Waals surface area contributed by atoms with E-state index in [9.17, 15) is 19.2 Å². The first-order valence-corrected chi connectivity index (χ1v) is 18.5. The van der Waals surface area contributed by atoms with Crippen molar-refractivity contribution in [1.29, 1.82) is 5.41 Å². The van der Waals surface area contributed by atoms with Gasteiger partial charge in [-0.3, -0.25) is 25.1 Å². The van der Waals surface area contributed by atoms with Crippen LogP contribution in [0.1, 0.15) is 64.9 Å². The Kier molecular flexibility index (Phi) is 12.3. The molecular formula is C40H43N5O6S. The number of amidine groups is 1. The number of para-hydroxylation sites is 1. The molecule has 270 valence electrons. The van der Waals surface area contributed by atoms with E-state index in [2.05, 4.69) is 16.0 Å². The predicted octanol–water partition coefficient (Wildman–Crippen LogP) is 6.64. The molecule has 1 aromatic heterocycles. The minimum atomic E-state index is -0.726. The van der Waals surface area contributed by atoms with Gasteiger partial charge >= 0.3 is 6.09 Å². The largest absolute Gasteiger partial charge is 0.457 e. The SMILES string of the molecule is N=C(NC(=O)OCc1ccccc1)c1csc(CNC(=O)[C@@H]2C[C@H](C3CCCCC3)CN2C(=O)CNC(=O)c2ccc(Oc3ccccc3)cc2)c1. The van der Waals surface area contributed by atoms with E-state index in [1.165, 1.54) is 17.8 Å². The van der Waals surface area contributed by atoms with Gasteiger partial charge in [0.15, 0.2) is 0 Å². The third-order valence-corrected chi connectivity index (χ3v) is 10.5. The molecule has 3 aromatic carbocycles. The minimum Gasteiger partial charge on any atom is -0.457 e. The molecule has 0 unspecified atom stereocenters. The first-order valence-electron chi connectivity index (χ1n) is 17.6. The van der Waals surface area contributed by atoms with Crippen molar-refractivity contribution in [1.82, 2.24) is 20.9 Å². The molecule has 2 heterocycles. The van der Waals surface area contributed by atoms with Gasteiger partial charge in [0, 0.05) is 27.9 Å². The molecule has 52 heavy (non-hydrogen) atoms. The lowest BCUT2D eigenvalue weighted by Crippen LogP contribution is -2.48. The number of amides is 4. The van der Waals surface area contributed by atoms with E-state index >= 15 is 0 Å². The summed E-state index contributed by atoms with van der Waals surface area (Å²) in [6.45, 7) is 0.562. The number of hydrogen-bond acceptors (Lipinski definition) is 8. The Morgan fingerprint density at radius 3 is 2.23 bits per heavy atom. The molecule has 4 N–H and O–H groups in total. The molecule has 11 nitrogen and oxygen atoms in total. The fourth-order valence-electron chi connectivity index (χ4n) is 6.83. The maximum absolute atomic E-state index is 13.6. The summed E-state index contributed by atoms with van der Waals surface area (Å²) in [7, 11) is 0. The van der Waals surface area contributed by atoms with Crippen LogP contribution in [0, 0.1) is 17.2 Å². The molecule has 0 spiro atoms. The third kappa shape index (κ3) is 9.85. The van der Waals surface area contributed by atoms with Crippen LogP contribution in [0.5, 0.6) is 11.5 Å². The summed E-state index contributed by atoms with van der Waals surface area (Å²) < 4.78 is 11.0. The Bertz CT molecular complexity index is 1840. The average molecular weight is 722 g/mol. The second-order valence-corrected chi connectivity index (χ2v) is 14.2. The van der Waals surface area contributed by atoms with Crippen molar-refractivity contribution in [2.24, 2.45) is 11.8 Å². The van der Waals surface area contributed by atoms with Gasteiger partial charge in [-0.05, 0) is 66.3 Å². The van der Waals surface area contributed by atoms with E-state index in [0.29, 0.717) is 41.5 Å². The summed E-state index contributed by atoms with van der Waals surface area (Å²) in [6, 6.07) is 26.4. The monoisotopic (exact) mass is 721 g/mol. The number of alkyl carbamates (subject to hydrolysis) is 1. The second kappa shape index (κ2) is 17.6. The van der Waals surface area contributed by atoms with Gasteiger partial charge < -0.3 is 25.0 Å². The number of thiophene rings is 1. The molecule has 12 heteroatoms. The molecule has 4 amide bonds. The number of hydrogen-bond donors (Lipinski definition) is 4. The van der Waals surface area contributed by atoms with E-state index in [4.69, 9.17) is 14.9 Å². The number of rotatable bonds is 12. The number of carbonyl (C=O) groups is 4. The molecule has 1 saturated carbocycles. The van der Waals surface area contributed by atoms with Crippen LogP contribution in [0.15, 0.2) is 96.4 Å². The first-order chi connectivity index (χ1) is 25.3. The van der Waals surface area contributed by atoms with Crippen molar-refractivity contribution >= 4 is 41.0 Å². The lowest BCUT2D eigenvalue weighted by Gasteiger charge is -2.27. The van der Waals surface area contributed by atoms with E-state index in [1.807, 2.05) is 60.7 Å². The first kappa shape index (κ1) is 36.3. The molecule has 1 aliphatic carbocycles. The minimum absolute atomic E-state index is 0.0920. The molecule has 2 aliphatic rings. The number of likely N-dealkylation sites (tertiary alicyclic amines) is 1. The van der Waals surface area contributed by atoms with Crippen LogP contribution < -0.4 is 20.7 Å². The lowest BCUT2D eigenvalue weighted by molar-refractivity contribution is -0.137. The molecule has 0 radical (unpaired) electrons. The molecule has 6 rings (SSSR count). The highest BCUT2D eigenvalue weighted by Crippen LogP contribution is 2.37. The van der Waals surface area contributed by atoms with Crippen LogP contribution in [-0.4, -0.2) is 53.7 Å². The maximum Gasteiger partial charge on any atom is 0.413 e. The van der Waals surface area contributed by atoms with E-state index in [1.54, 1.807) is 40.6 Å². The molecular weight excluding hydrogens is 679 g/mol. The number of ether oxygens (including phenoxy) is 2. The van der Waals surface area contributed by atoms with Crippen molar-refractivity contribution in [2.75, 3.05) is 13.1 Å². The zero-order valence-corrected chi connectivity index (χ0v) is 29.7. The number of nitrogens with one attached hydrogen (secondary N) is 4. The van der Waals surface area contributed by atoms with Gasteiger partial charge in [-0.15, -0.1) is 11.3 Å².